The highest BCUT2D eigenvalue weighted by molar-refractivity contribution is 5.67. The second-order valence-electron chi connectivity index (χ2n) is 7.86. The second kappa shape index (κ2) is 8.99. The summed E-state index contributed by atoms with van der Waals surface area (Å²) in [5, 5.41) is 0. The number of pyridine rings is 1. The van der Waals surface area contributed by atoms with Gasteiger partial charge in [-0.2, -0.15) is 18.2 Å². The molecule has 3 heterocycles. The highest BCUT2D eigenvalue weighted by Crippen LogP contribution is 2.34. The largest absolute Gasteiger partial charge is 0.497 e. The Bertz CT molecular complexity index is 1500. The highest BCUT2D eigenvalue weighted by Gasteiger charge is 2.32. The SMILES string of the molecule is COc1ccc2c(c1)CCn1c-2cc(Oc2ccc(Oc3ccc(C(F)(F)F)nc3)c(F)c2)nc1=O. The van der Waals surface area contributed by atoms with Crippen molar-refractivity contribution < 1.29 is 31.8 Å². The monoisotopic (exact) mass is 499 g/mol. The van der Waals surface area contributed by atoms with Gasteiger partial charge < -0.3 is 14.2 Å². The number of benzene rings is 2. The normalized spacial score (nSPS) is 12.5. The van der Waals surface area contributed by atoms with Crippen LogP contribution in [-0.4, -0.2) is 21.6 Å². The summed E-state index contributed by atoms with van der Waals surface area (Å²) >= 11 is 0. The van der Waals surface area contributed by atoms with Crippen LogP contribution in [0.25, 0.3) is 11.3 Å². The van der Waals surface area contributed by atoms with E-state index in [2.05, 4.69) is 9.97 Å². The van der Waals surface area contributed by atoms with E-state index < -0.39 is 23.4 Å². The van der Waals surface area contributed by atoms with Crippen LogP contribution >= 0.6 is 0 Å². The maximum atomic E-state index is 14.6. The third-order valence-electron chi connectivity index (χ3n) is 5.56. The maximum absolute atomic E-state index is 14.6. The van der Waals surface area contributed by atoms with Crippen LogP contribution in [0, 0.1) is 5.82 Å². The molecule has 0 N–H and O–H groups in total. The van der Waals surface area contributed by atoms with Crippen molar-refractivity contribution in [2.24, 2.45) is 0 Å². The molecule has 0 amide bonds. The molecule has 0 bridgehead atoms. The van der Waals surface area contributed by atoms with E-state index in [1.54, 1.807) is 19.2 Å². The van der Waals surface area contributed by atoms with Gasteiger partial charge in [0.15, 0.2) is 11.6 Å². The van der Waals surface area contributed by atoms with Crippen LogP contribution < -0.4 is 19.9 Å². The Morgan fingerprint density at radius 2 is 1.72 bits per heavy atom. The second-order valence-corrected chi connectivity index (χ2v) is 7.86. The standard InChI is InChI=1S/C25H17F4N3O4/c1-34-15-2-5-18-14(10-15)8-9-32-20(18)12-23(31-24(32)33)36-16-3-6-21(19(26)11-16)35-17-4-7-22(30-13-17)25(27,28)29/h2-7,10-13H,8-9H2,1H3. The summed E-state index contributed by atoms with van der Waals surface area (Å²) in [4.78, 5) is 19.8. The van der Waals surface area contributed by atoms with Gasteiger partial charge in [0.1, 0.15) is 22.9 Å². The molecule has 11 heteroatoms. The number of hydrogen-bond acceptors (Lipinski definition) is 6. The fraction of sp³-hybridized carbons (Fsp3) is 0.160. The Labute approximate surface area is 201 Å². The first-order valence-corrected chi connectivity index (χ1v) is 10.7. The Hall–Kier alpha value is -4.41. The summed E-state index contributed by atoms with van der Waals surface area (Å²) in [6.07, 6.45) is -3.10. The average molecular weight is 499 g/mol. The summed E-state index contributed by atoms with van der Waals surface area (Å²) in [5.41, 5.74) is 0.875. The number of ether oxygens (including phenoxy) is 3. The molecule has 184 valence electrons. The molecule has 0 unspecified atom stereocenters. The van der Waals surface area contributed by atoms with Crippen molar-refractivity contribution in [1.82, 2.24) is 14.5 Å². The lowest BCUT2D eigenvalue weighted by Crippen LogP contribution is -2.28. The lowest BCUT2D eigenvalue weighted by molar-refractivity contribution is -0.141. The fourth-order valence-electron chi connectivity index (χ4n) is 3.85. The minimum absolute atomic E-state index is 0.0186. The van der Waals surface area contributed by atoms with Crippen molar-refractivity contribution in [3.63, 3.8) is 0 Å². The van der Waals surface area contributed by atoms with Gasteiger partial charge in [0.2, 0.25) is 5.88 Å². The van der Waals surface area contributed by atoms with Gasteiger partial charge >= 0.3 is 11.9 Å². The molecular formula is C25H17F4N3O4. The van der Waals surface area contributed by atoms with Gasteiger partial charge in [0.05, 0.1) is 19.0 Å². The van der Waals surface area contributed by atoms with Crippen molar-refractivity contribution in [3.05, 3.63) is 88.4 Å². The number of aryl methyl sites for hydroxylation is 1. The van der Waals surface area contributed by atoms with Crippen LogP contribution in [0.1, 0.15) is 11.3 Å². The number of aromatic nitrogens is 3. The van der Waals surface area contributed by atoms with Gasteiger partial charge in [-0.05, 0) is 54.4 Å². The van der Waals surface area contributed by atoms with E-state index in [0.29, 0.717) is 24.4 Å². The molecule has 0 aliphatic carbocycles. The zero-order valence-corrected chi connectivity index (χ0v) is 18.7. The van der Waals surface area contributed by atoms with E-state index in [4.69, 9.17) is 14.2 Å². The van der Waals surface area contributed by atoms with Gasteiger partial charge in [0.25, 0.3) is 0 Å². The minimum atomic E-state index is -4.59. The lowest BCUT2D eigenvalue weighted by Gasteiger charge is -2.22. The molecule has 5 rings (SSSR count). The molecular weight excluding hydrogens is 482 g/mol. The Kier molecular flexibility index (Phi) is 5.83. The lowest BCUT2D eigenvalue weighted by atomic mass is 9.97. The number of halogens is 4. The van der Waals surface area contributed by atoms with Gasteiger partial charge in [0, 0.05) is 24.2 Å². The zero-order chi connectivity index (χ0) is 25.4. The average Bonchev–Trinajstić information content (AvgIpc) is 2.85. The molecule has 1 aliphatic rings. The molecule has 2 aromatic carbocycles. The van der Waals surface area contributed by atoms with Crippen molar-refractivity contribution in [1.29, 1.82) is 0 Å². The fourth-order valence-corrected chi connectivity index (χ4v) is 3.85. The summed E-state index contributed by atoms with van der Waals surface area (Å²) in [7, 11) is 1.58. The smallest absolute Gasteiger partial charge is 0.433 e. The number of fused-ring (bicyclic) bond motifs is 3. The predicted molar refractivity (Wildman–Crippen MR) is 120 cm³/mol. The van der Waals surface area contributed by atoms with E-state index in [0.717, 1.165) is 35.5 Å². The van der Waals surface area contributed by atoms with Crippen molar-refractivity contribution in [2.45, 2.75) is 19.1 Å². The Balaban J connectivity index is 1.37. The quantitative estimate of drug-likeness (QED) is 0.332. The molecule has 0 saturated carbocycles. The highest BCUT2D eigenvalue weighted by atomic mass is 19.4. The molecule has 0 radical (unpaired) electrons. The zero-order valence-electron chi connectivity index (χ0n) is 18.7. The van der Waals surface area contributed by atoms with Crippen LogP contribution in [0.3, 0.4) is 0 Å². The Morgan fingerprint density at radius 1 is 0.944 bits per heavy atom. The first-order chi connectivity index (χ1) is 17.2. The molecule has 2 aromatic heterocycles. The van der Waals surface area contributed by atoms with E-state index in [1.807, 2.05) is 12.1 Å². The number of alkyl halides is 3. The molecule has 0 fully saturated rings. The number of methoxy groups -OCH3 is 1. The van der Waals surface area contributed by atoms with E-state index in [-0.39, 0.29) is 23.1 Å². The summed E-state index contributed by atoms with van der Waals surface area (Å²) in [6.45, 7) is 0.446. The Morgan fingerprint density at radius 3 is 2.42 bits per heavy atom. The summed E-state index contributed by atoms with van der Waals surface area (Å²) in [6, 6.07) is 12.6. The first-order valence-electron chi connectivity index (χ1n) is 10.7. The predicted octanol–water partition coefficient (Wildman–Crippen LogP) is 5.61. The molecule has 7 nitrogen and oxygen atoms in total. The summed E-state index contributed by atoms with van der Waals surface area (Å²) < 4.78 is 70.3. The van der Waals surface area contributed by atoms with Crippen LogP contribution in [0.5, 0.6) is 28.9 Å². The van der Waals surface area contributed by atoms with Crippen LogP contribution in [0.4, 0.5) is 17.6 Å². The first kappa shape index (κ1) is 23.3. The van der Waals surface area contributed by atoms with Crippen molar-refractivity contribution in [2.75, 3.05) is 7.11 Å². The van der Waals surface area contributed by atoms with Gasteiger partial charge in [-0.3, -0.25) is 4.57 Å². The van der Waals surface area contributed by atoms with E-state index >= 15 is 0 Å². The molecule has 4 aromatic rings. The number of hydrogen-bond donors (Lipinski definition) is 0. The third kappa shape index (κ3) is 4.59. The van der Waals surface area contributed by atoms with Gasteiger partial charge in [-0.25, -0.2) is 14.2 Å². The number of rotatable bonds is 5. The molecule has 0 atom stereocenters. The molecule has 36 heavy (non-hydrogen) atoms. The molecule has 0 saturated heterocycles. The van der Waals surface area contributed by atoms with E-state index in [9.17, 15) is 22.4 Å². The van der Waals surface area contributed by atoms with Crippen molar-refractivity contribution in [3.8, 4) is 40.1 Å². The minimum Gasteiger partial charge on any atom is -0.497 e. The summed E-state index contributed by atoms with van der Waals surface area (Å²) in [5.74, 6) is -0.414. The van der Waals surface area contributed by atoms with Crippen LogP contribution in [0.15, 0.2) is 65.6 Å². The molecule has 1 aliphatic heterocycles. The van der Waals surface area contributed by atoms with E-state index in [1.165, 1.54) is 16.7 Å². The third-order valence-corrected chi connectivity index (χ3v) is 5.56. The number of nitrogens with zero attached hydrogens (tertiary/aromatic N) is 3. The maximum Gasteiger partial charge on any atom is 0.433 e. The van der Waals surface area contributed by atoms with Crippen molar-refractivity contribution >= 4 is 0 Å². The van der Waals surface area contributed by atoms with Crippen LogP contribution in [0.2, 0.25) is 0 Å². The molecule has 0 spiro atoms. The van der Waals surface area contributed by atoms with Crippen LogP contribution in [-0.2, 0) is 19.1 Å². The topological polar surface area (TPSA) is 75.5 Å². The van der Waals surface area contributed by atoms with Gasteiger partial charge in [-0.15, -0.1) is 0 Å². The van der Waals surface area contributed by atoms with Gasteiger partial charge in [-0.1, -0.05) is 0 Å².